The maximum absolute atomic E-state index is 11.1. The van der Waals surface area contributed by atoms with Crippen molar-refractivity contribution in [2.75, 3.05) is 26.2 Å². The highest BCUT2D eigenvalue weighted by molar-refractivity contribution is 5.67. The molecule has 0 amide bonds. The maximum Gasteiger partial charge on any atom is 0.359 e. The van der Waals surface area contributed by atoms with Gasteiger partial charge in [-0.15, -0.1) is 0 Å². The summed E-state index contributed by atoms with van der Waals surface area (Å²) < 4.78 is 0.507. The first-order chi connectivity index (χ1) is 9.49. The van der Waals surface area contributed by atoms with Crippen LogP contribution in [0.5, 0.6) is 0 Å². The lowest BCUT2D eigenvalue weighted by Crippen LogP contribution is -2.55. The molecule has 118 valence electrons. The number of hydrogen-bond donors (Lipinski definition) is 2. The van der Waals surface area contributed by atoms with Gasteiger partial charge in [-0.2, -0.15) is 0 Å². The first-order valence-corrected chi connectivity index (χ1v) is 7.85. The summed E-state index contributed by atoms with van der Waals surface area (Å²) in [5.74, 6) is -0.770. The van der Waals surface area contributed by atoms with E-state index in [1.54, 1.807) is 0 Å². The Balaban J connectivity index is 4.54. The highest BCUT2D eigenvalue weighted by Crippen LogP contribution is 2.14. The van der Waals surface area contributed by atoms with E-state index in [2.05, 4.69) is 19.9 Å². The van der Waals surface area contributed by atoms with Gasteiger partial charge in [-0.1, -0.05) is 26.0 Å². The second-order valence-electron chi connectivity index (χ2n) is 5.68. The van der Waals surface area contributed by atoms with Gasteiger partial charge in [-0.05, 0) is 39.0 Å². The monoisotopic (exact) mass is 286 g/mol. The summed E-state index contributed by atoms with van der Waals surface area (Å²) in [6, 6.07) is 0. The van der Waals surface area contributed by atoms with Crippen molar-refractivity contribution in [2.45, 2.75) is 59.0 Å². The summed E-state index contributed by atoms with van der Waals surface area (Å²) in [4.78, 5) is 11.1. The van der Waals surface area contributed by atoms with Crippen molar-refractivity contribution in [1.82, 2.24) is 0 Å². The number of aliphatic carboxylic acids is 1. The first-order valence-electron chi connectivity index (χ1n) is 7.85. The van der Waals surface area contributed by atoms with E-state index in [0.29, 0.717) is 11.0 Å². The molecular weight excluding hydrogens is 254 g/mol. The first kappa shape index (κ1) is 19.1. The van der Waals surface area contributed by atoms with Crippen molar-refractivity contribution >= 4 is 5.97 Å². The SMILES string of the molecule is C/C=C/CCCC(O)C[N+](CCC)(CCC)CC(=O)O. The van der Waals surface area contributed by atoms with Crippen LogP contribution in [0.1, 0.15) is 52.9 Å². The molecule has 0 heterocycles. The predicted molar refractivity (Wildman–Crippen MR) is 82.6 cm³/mol. The summed E-state index contributed by atoms with van der Waals surface area (Å²) in [6.45, 7) is 8.47. The van der Waals surface area contributed by atoms with Gasteiger partial charge in [-0.3, -0.25) is 0 Å². The van der Waals surface area contributed by atoms with E-state index in [1.807, 2.05) is 13.0 Å². The van der Waals surface area contributed by atoms with Gasteiger partial charge < -0.3 is 14.7 Å². The Labute approximate surface area is 123 Å². The molecule has 2 N–H and O–H groups in total. The molecule has 0 aromatic carbocycles. The lowest BCUT2D eigenvalue weighted by atomic mass is 10.1. The van der Waals surface area contributed by atoms with Gasteiger partial charge in [0.25, 0.3) is 0 Å². The number of rotatable bonds is 12. The highest BCUT2D eigenvalue weighted by atomic mass is 16.4. The summed E-state index contributed by atoms with van der Waals surface area (Å²) in [5.41, 5.74) is 0. The third kappa shape index (κ3) is 8.33. The molecule has 0 radical (unpaired) electrons. The Morgan fingerprint density at radius 1 is 1.25 bits per heavy atom. The van der Waals surface area contributed by atoms with E-state index in [0.717, 1.165) is 45.2 Å². The van der Waals surface area contributed by atoms with Crippen LogP contribution in [0.3, 0.4) is 0 Å². The number of hydrogen-bond acceptors (Lipinski definition) is 2. The average molecular weight is 286 g/mol. The molecule has 0 aliphatic heterocycles. The number of carboxylic acid groups (broad SMARTS) is 1. The number of quaternary nitrogens is 1. The Morgan fingerprint density at radius 2 is 1.85 bits per heavy atom. The molecule has 20 heavy (non-hydrogen) atoms. The third-order valence-corrected chi connectivity index (χ3v) is 3.61. The van der Waals surface area contributed by atoms with Crippen molar-refractivity contribution in [3.8, 4) is 0 Å². The fourth-order valence-corrected chi connectivity index (χ4v) is 2.93. The molecule has 1 unspecified atom stereocenters. The van der Waals surface area contributed by atoms with Gasteiger partial charge in [-0.25, -0.2) is 4.79 Å². The molecular formula is C16H32NO3+. The normalized spacial score (nSPS) is 13.8. The summed E-state index contributed by atoms with van der Waals surface area (Å²) >= 11 is 0. The molecule has 0 saturated heterocycles. The number of carboxylic acids is 1. The number of allylic oxidation sites excluding steroid dienone is 2. The summed E-state index contributed by atoms with van der Waals surface area (Å²) in [6.07, 6.45) is 8.28. The molecule has 4 nitrogen and oxygen atoms in total. The number of aliphatic hydroxyl groups is 1. The van der Waals surface area contributed by atoms with Crippen molar-refractivity contribution < 1.29 is 19.5 Å². The Kier molecular flexibility index (Phi) is 10.4. The van der Waals surface area contributed by atoms with E-state index >= 15 is 0 Å². The molecule has 0 aromatic heterocycles. The second kappa shape index (κ2) is 10.9. The zero-order chi connectivity index (χ0) is 15.4. The third-order valence-electron chi connectivity index (χ3n) is 3.61. The predicted octanol–water partition coefficient (Wildman–Crippen LogP) is 2.82. The molecule has 0 rings (SSSR count). The minimum atomic E-state index is -0.770. The van der Waals surface area contributed by atoms with Crippen molar-refractivity contribution in [2.24, 2.45) is 0 Å². The molecule has 0 spiro atoms. The van der Waals surface area contributed by atoms with Crippen LogP contribution in [0.25, 0.3) is 0 Å². The molecule has 0 bridgehead atoms. The highest BCUT2D eigenvalue weighted by Gasteiger charge is 2.31. The van der Waals surface area contributed by atoms with Crippen LogP contribution in [-0.4, -0.2) is 52.9 Å². The standard InChI is InChI=1S/C16H31NO3/c1-4-7-8-9-10-15(18)13-17(11-5-2,12-6-3)14-16(19)20/h4,7,15,18H,5-6,8-14H2,1-3H3/p+1/b7-4+. The Morgan fingerprint density at radius 3 is 2.30 bits per heavy atom. The van der Waals surface area contributed by atoms with Gasteiger partial charge in [0, 0.05) is 0 Å². The smallest absolute Gasteiger partial charge is 0.359 e. The number of nitrogens with zero attached hydrogens (tertiary/aromatic N) is 1. The fraction of sp³-hybridized carbons (Fsp3) is 0.812. The van der Waals surface area contributed by atoms with Crippen LogP contribution < -0.4 is 0 Å². The molecule has 0 aromatic rings. The van der Waals surface area contributed by atoms with Gasteiger partial charge in [0.2, 0.25) is 0 Å². The minimum absolute atomic E-state index is 0.119. The quantitative estimate of drug-likeness (QED) is 0.329. The maximum atomic E-state index is 11.1. The molecule has 1 atom stereocenters. The number of unbranched alkanes of at least 4 members (excludes halogenated alkanes) is 1. The fourth-order valence-electron chi connectivity index (χ4n) is 2.93. The van der Waals surface area contributed by atoms with Gasteiger partial charge in [0.15, 0.2) is 6.54 Å². The van der Waals surface area contributed by atoms with E-state index in [9.17, 15) is 9.90 Å². The van der Waals surface area contributed by atoms with Crippen LogP contribution in [0.4, 0.5) is 0 Å². The zero-order valence-corrected chi connectivity index (χ0v) is 13.3. The topological polar surface area (TPSA) is 57.5 Å². The average Bonchev–Trinajstić information content (AvgIpc) is 2.34. The van der Waals surface area contributed by atoms with Gasteiger partial charge in [0.1, 0.15) is 12.6 Å². The van der Waals surface area contributed by atoms with E-state index in [1.165, 1.54) is 0 Å². The zero-order valence-electron chi connectivity index (χ0n) is 13.3. The van der Waals surface area contributed by atoms with Gasteiger partial charge in [0.05, 0.1) is 13.1 Å². The van der Waals surface area contributed by atoms with Crippen molar-refractivity contribution in [3.63, 3.8) is 0 Å². The van der Waals surface area contributed by atoms with E-state index < -0.39 is 12.1 Å². The second-order valence-corrected chi connectivity index (χ2v) is 5.68. The lowest BCUT2D eigenvalue weighted by Gasteiger charge is -2.38. The molecule has 0 saturated carbocycles. The van der Waals surface area contributed by atoms with Crippen LogP contribution >= 0.6 is 0 Å². The Bertz CT molecular complexity index is 283. The van der Waals surface area contributed by atoms with E-state index in [4.69, 9.17) is 5.11 Å². The minimum Gasteiger partial charge on any atom is -0.477 e. The van der Waals surface area contributed by atoms with Crippen LogP contribution in [-0.2, 0) is 4.79 Å². The molecule has 0 aliphatic rings. The van der Waals surface area contributed by atoms with Crippen molar-refractivity contribution in [3.05, 3.63) is 12.2 Å². The molecule has 0 fully saturated rings. The number of aliphatic hydroxyl groups excluding tert-OH is 1. The van der Waals surface area contributed by atoms with Gasteiger partial charge >= 0.3 is 5.97 Å². The number of carbonyl (C=O) groups is 1. The van der Waals surface area contributed by atoms with E-state index in [-0.39, 0.29) is 6.54 Å². The van der Waals surface area contributed by atoms with Crippen molar-refractivity contribution in [1.29, 1.82) is 0 Å². The summed E-state index contributed by atoms with van der Waals surface area (Å²) in [5, 5.41) is 19.4. The lowest BCUT2D eigenvalue weighted by molar-refractivity contribution is -0.924. The molecule has 0 aliphatic carbocycles. The Hall–Kier alpha value is -0.870. The van der Waals surface area contributed by atoms with Crippen LogP contribution in [0.2, 0.25) is 0 Å². The summed E-state index contributed by atoms with van der Waals surface area (Å²) in [7, 11) is 0. The van der Waals surface area contributed by atoms with Crippen LogP contribution in [0.15, 0.2) is 12.2 Å². The van der Waals surface area contributed by atoms with Crippen LogP contribution in [0, 0.1) is 0 Å². The molecule has 4 heteroatoms. The largest absolute Gasteiger partial charge is 0.477 e.